The molecule has 0 saturated heterocycles. The number of rotatable bonds is 4. The van der Waals surface area contributed by atoms with Crippen LogP contribution in [0.5, 0.6) is 0 Å². The molecule has 1 fully saturated rings. The van der Waals surface area contributed by atoms with Crippen LogP contribution in [0.1, 0.15) is 39.5 Å². The summed E-state index contributed by atoms with van der Waals surface area (Å²) >= 11 is 0. The van der Waals surface area contributed by atoms with E-state index in [1.807, 2.05) is 13.8 Å². The van der Waals surface area contributed by atoms with Crippen molar-refractivity contribution in [3.8, 4) is 0 Å². The summed E-state index contributed by atoms with van der Waals surface area (Å²) in [5.74, 6) is 0.122. The molecule has 1 rings (SSSR count). The molecule has 0 radical (unpaired) electrons. The predicted molar refractivity (Wildman–Crippen MR) is 59.2 cm³/mol. The standard InChI is InChI=1S/C11H22N2O2/c1-8(2)9(7-14)13-10(15)11(12)5-3-4-6-11/h8-9,14H,3-7,12H2,1-2H3,(H,13,15)/t9-/m1/s1. The number of nitrogens with two attached hydrogens (primary N) is 1. The van der Waals surface area contributed by atoms with Crippen molar-refractivity contribution in [2.24, 2.45) is 11.7 Å². The average molecular weight is 214 g/mol. The Bertz CT molecular complexity index is 223. The van der Waals surface area contributed by atoms with Crippen molar-refractivity contribution >= 4 is 5.91 Å². The third-order valence-corrected chi connectivity index (χ3v) is 3.27. The van der Waals surface area contributed by atoms with Crippen LogP contribution in [0.2, 0.25) is 0 Å². The van der Waals surface area contributed by atoms with E-state index in [1.165, 1.54) is 0 Å². The zero-order valence-electron chi connectivity index (χ0n) is 9.62. The molecule has 1 amide bonds. The maximum atomic E-state index is 11.9. The number of hydrogen-bond donors (Lipinski definition) is 3. The van der Waals surface area contributed by atoms with Crippen LogP contribution in [0, 0.1) is 5.92 Å². The van der Waals surface area contributed by atoms with Crippen LogP contribution in [0.4, 0.5) is 0 Å². The second kappa shape index (κ2) is 4.94. The van der Waals surface area contributed by atoms with Crippen LogP contribution < -0.4 is 11.1 Å². The van der Waals surface area contributed by atoms with Gasteiger partial charge in [-0.2, -0.15) is 0 Å². The molecule has 0 spiro atoms. The Morgan fingerprint density at radius 2 is 2.00 bits per heavy atom. The summed E-state index contributed by atoms with van der Waals surface area (Å²) in [6.45, 7) is 3.91. The first-order chi connectivity index (χ1) is 6.99. The van der Waals surface area contributed by atoms with Gasteiger partial charge in [0.1, 0.15) is 0 Å². The lowest BCUT2D eigenvalue weighted by Crippen LogP contribution is -2.56. The van der Waals surface area contributed by atoms with Gasteiger partial charge < -0.3 is 16.2 Å². The lowest BCUT2D eigenvalue weighted by Gasteiger charge is -2.27. The molecule has 0 heterocycles. The van der Waals surface area contributed by atoms with E-state index in [4.69, 9.17) is 10.8 Å². The molecule has 0 bridgehead atoms. The molecule has 4 N–H and O–H groups in total. The van der Waals surface area contributed by atoms with Gasteiger partial charge in [0.25, 0.3) is 0 Å². The third-order valence-electron chi connectivity index (χ3n) is 3.27. The minimum atomic E-state index is -0.692. The summed E-state index contributed by atoms with van der Waals surface area (Å²) in [5.41, 5.74) is 5.32. The molecule has 1 aliphatic carbocycles. The van der Waals surface area contributed by atoms with Crippen molar-refractivity contribution in [3.63, 3.8) is 0 Å². The first kappa shape index (κ1) is 12.5. The molecule has 0 aromatic carbocycles. The molecule has 1 atom stereocenters. The van der Waals surface area contributed by atoms with E-state index in [0.717, 1.165) is 25.7 Å². The van der Waals surface area contributed by atoms with E-state index in [-0.39, 0.29) is 24.5 Å². The van der Waals surface area contributed by atoms with E-state index in [1.54, 1.807) is 0 Å². The molecule has 1 saturated carbocycles. The molecule has 88 valence electrons. The highest BCUT2D eigenvalue weighted by molar-refractivity contribution is 5.86. The molecular formula is C11H22N2O2. The SMILES string of the molecule is CC(C)[C@@H](CO)NC(=O)C1(N)CCCC1. The maximum absolute atomic E-state index is 11.9. The summed E-state index contributed by atoms with van der Waals surface area (Å²) in [6, 6.07) is -0.182. The third kappa shape index (κ3) is 2.92. The number of aliphatic hydroxyl groups is 1. The normalized spacial score (nSPS) is 21.7. The van der Waals surface area contributed by atoms with E-state index >= 15 is 0 Å². The summed E-state index contributed by atoms with van der Waals surface area (Å²) < 4.78 is 0. The number of amides is 1. The number of nitrogens with one attached hydrogen (secondary N) is 1. The van der Waals surface area contributed by atoms with Gasteiger partial charge in [0.2, 0.25) is 5.91 Å². The molecule has 4 heteroatoms. The van der Waals surface area contributed by atoms with Gasteiger partial charge in [-0.25, -0.2) is 0 Å². The van der Waals surface area contributed by atoms with Crippen LogP contribution in [0.3, 0.4) is 0 Å². The van der Waals surface area contributed by atoms with Crippen LogP contribution >= 0.6 is 0 Å². The van der Waals surface area contributed by atoms with Gasteiger partial charge in [0.05, 0.1) is 18.2 Å². The van der Waals surface area contributed by atoms with Crippen molar-refractivity contribution in [3.05, 3.63) is 0 Å². The highest BCUT2D eigenvalue weighted by Gasteiger charge is 2.37. The molecule has 0 aromatic heterocycles. The highest BCUT2D eigenvalue weighted by Crippen LogP contribution is 2.27. The smallest absolute Gasteiger partial charge is 0.240 e. The lowest BCUT2D eigenvalue weighted by molar-refractivity contribution is -0.127. The van der Waals surface area contributed by atoms with E-state index in [2.05, 4.69) is 5.32 Å². The fraction of sp³-hybridized carbons (Fsp3) is 0.909. The molecule has 15 heavy (non-hydrogen) atoms. The first-order valence-electron chi connectivity index (χ1n) is 5.70. The number of carbonyl (C=O) groups is 1. The highest BCUT2D eigenvalue weighted by atomic mass is 16.3. The number of hydrogen-bond acceptors (Lipinski definition) is 3. The molecule has 1 aliphatic rings. The quantitative estimate of drug-likeness (QED) is 0.633. The average Bonchev–Trinajstić information content (AvgIpc) is 2.61. The Balaban J connectivity index is 2.53. The molecule has 0 aromatic rings. The fourth-order valence-electron chi connectivity index (χ4n) is 1.97. The van der Waals surface area contributed by atoms with Gasteiger partial charge in [-0.05, 0) is 18.8 Å². The second-order valence-electron chi connectivity index (χ2n) is 4.87. The number of carbonyl (C=O) groups excluding carboxylic acids is 1. The van der Waals surface area contributed by atoms with Gasteiger partial charge in [-0.15, -0.1) is 0 Å². The zero-order chi connectivity index (χ0) is 11.5. The minimum absolute atomic E-state index is 0.0283. The van der Waals surface area contributed by atoms with Crippen LogP contribution in [0.25, 0.3) is 0 Å². The van der Waals surface area contributed by atoms with Crippen molar-refractivity contribution in [2.45, 2.75) is 51.1 Å². The summed E-state index contributed by atoms with van der Waals surface area (Å²) in [6.07, 6.45) is 3.56. The zero-order valence-corrected chi connectivity index (χ0v) is 9.62. The summed E-state index contributed by atoms with van der Waals surface area (Å²) in [5, 5.41) is 12.0. The topological polar surface area (TPSA) is 75.3 Å². The Hall–Kier alpha value is -0.610. The van der Waals surface area contributed by atoms with Gasteiger partial charge in [0.15, 0.2) is 0 Å². The van der Waals surface area contributed by atoms with Gasteiger partial charge in [-0.3, -0.25) is 4.79 Å². The largest absolute Gasteiger partial charge is 0.394 e. The van der Waals surface area contributed by atoms with Crippen molar-refractivity contribution in [1.29, 1.82) is 0 Å². The number of aliphatic hydroxyl groups excluding tert-OH is 1. The minimum Gasteiger partial charge on any atom is -0.394 e. The monoisotopic (exact) mass is 214 g/mol. The molecule has 4 nitrogen and oxygen atoms in total. The Kier molecular flexibility index (Phi) is 4.11. The van der Waals surface area contributed by atoms with E-state index in [9.17, 15) is 4.79 Å². The first-order valence-corrected chi connectivity index (χ1v) is 5.70. The molecule has 0 unspecified atom stereocenters. The molecular weight excluding hydrogens is 192 g/mol. The van der Waals surface area contributed by atoms with E-state index < -0.39 is 5.54 Å². The van der Waals surface area contributed by atoms with Gasteiger partial charge in [0, 0.05) is 0 Å². The van der Waals surface area contributed by atoms with Crippen LogP contribution in [-0.4, -0.2) is 29.2 Å². The Labute approximate surface area is 91.2 Å². The van der Waals surface area contributed by atoms with Crippen molar-refractivity contribution in [2.75, 3.05) is 6.61 Å². The van der Waals surface area contributed by atoms with Crippen LogP contribution in [-0.2, 0) is 4.79 Å². The second-order valence-corrected chi connectivity index (χ2v) is 4.87. The molecule has 0 aliphatic heterocycles. The predicted octanol–water partition coefficient (Wildman–Crippen LogP) is 0.391. The van der Waals surface area contributed by atoms with Crippen LogP contribution in [0.15, 0.2) is 0 Å². The van der Waals surface area contributed by atoms with Gasteiger partial charge >= 0.3 is 0 Å². The summed E-state index contributed by atoms with van der Waals surface area (Å²) in [4.78, 5) is 11.9. The summed E-state index contributed by atoms with van der Waals surface area (Å²) in [7, 11) is 0. The van der Waals surface area contributed by atoms with Gasteiger partial charge in [-0.1, -0.05) is 26.7 Å². The lowest BCUT2D eigenvalue weighted by atomic mass is 9.96. The van der Waals surface area contributed by atoms with Crippen molar-refractivity contribution < 1.29 is 9.90 Å². The maximum Gasteiger partial charge on any atom is 0.240 e. The fourth-order valence-corrected chi connectivity index (χ4v) is 1.97. The van der Waals surface area contributed by atoms with E-state index in [0.29, 0.717) is 0 Å². The Morgan fingerprint density at radius 3 is 2.40 bits per heavy atom. The van der Waals surface area contributed by atoms with Crippen molar-refractivity contribution in [1.82, 2.24) is 5.32 Å². The Morgan fingerprint density at radius 1 is 1.47 bits per heavy atom.